The molecule has 0 spiro atoms. The van der Waals surface area contributed by atoms with E-state index in [2.05, 4.69) is 17.1 Å². The molecule has 1 heterocycles. The van der Waals surface area contributed by atoms with E-state index >= 15 is 0 Å². The van der Waals surface area contributed by atoms with Crippen LogP contribution >= 0.6 is 11.6 Å². The molecule has 0 bridgehead atoms. The Kier molecular flexibility index (Phi) is 5.96. The van der Waals surface area contributed by atoms with Gasteiger partial charge >= 0.3 is 0 Å². The minimum atomic E-state index is -0.330. The molecule has 0 amide bonds. The summed E-state index contributed by atoms with van der Waals surface area (Å²) in [6.07, 6.45) is 2.28. The lowest BCUT2D eigenvalue weighted by Gasteiger charge is -2.32. The maximum atomic E-state index is 11.1. The zero-order valence-electron chi connectivity index (χ0n) is 12.3. The quantitative estimate of drug-likeness (QED) is 0.648. The number of nitro benzene ring substituents is 1. The van der Waals surface area contributed by atoms with E-state index in [9.17, 15) is 10.1 Å². The Morgan fingerprint density at radius 1 is 1.43 bits per heavy atom. The Morgan fingerprint density at radius 3 is 2.76 bits per heavy atom. The van der Waals surface area contributed by atoms with Crippen LogP contribution in [0.4, 0.5) is 5.69 Å². The number of nitrogens with zero attached hydrogens (tertiary/aromatic N) is 2. The van der Waals surface area contributed by atoms with E-state index < -0.39 is 0 Å². The summed E-state index contributed by atoms with van der Waals surface area (Å²) in [5.41, 5.74) is 0.867. The van der Waals surface area contributed by atoms with Crippen molar-refractivity contribution in [3.8, 4) is 0 Å². The van der Waals surface area contributed by atoms with E-state index in [1.165, 1.54) is 6.07 Å². The molecule has 1 saturated heterocycles. The number of nitro groups is 1. The number of likely N-dealkylation sites (tertiary alicyclic amines) is 1. The molecule has 0 aromatic heterocycles. The van der Waals surface area contributed by atoms with Gasteiger partial charge in [0.25, 0.3) is 5.69 Å². The van der Waals surface area contributed by atoms with E-state index in [-0.39, 0.29) is 10.6 Å². The second-order valence-corrected chi connectivity index (χ2v) is 5.99. The highest BCUT2D eigenvalue weighted by Gasteiger charge is 2.22. The fourth-order valence-electron chi connectivity index (χ4n) is 2.80. The van der Waals surface area contributed by atoms with Crippen LogP contribution in [0.2, 0.25) is 5.02 Å². The highest BCUT2D eigenvalue weighted by molar-refractivity contribution is 6.30. The average molecular weight is 312 g/mol. The predicted molar refractivity (Wildman–Crippen MR) is 84.7 cm³/mol. The topological polar surface area (TPSA) is 58.4 Å². The fourth-order valence-corrected chi connectivity index (χ4v) is 2.99. The first-order valence-electron chi connectivity index (χ1n) is 7.46. The van der Waals surface area contributed by atoms with Gasteiger partial charge in [0.05, 0.1) is 4.92 Å². The van der Waals surface area contributed by atoms with Crippen molar-refractivity contribution in [1.82, 2.24) is 10.2 Å². The first kappa shape index (κ1) is 16.2. The molecule has 5 nitrogen and oxygen atoms in total. The minimum Gasteiger partial charge on any atom is -0.317 e. The Balaban J connectivity index is 1.94. The number of halogens is 1. The highest BCUT2D eigenvalue weighted by atomic mass is 35.5. The Labute approximate surface area is 130 Å². The lowest BCUT2D eigenvalue weighted by atomic mass is 9.96. The van der Waals surface area contributed by atoms with Gasteiger partial charge in [0.1, 0.15) is 0 Å². The molecule has 1 aromatic carbocycles. The predicted octanol–water partition coefficient (Wildman–Crippen LogP) is 3.07. The van der Waals surface area contributed by atoms with Crippen molar-refractivity contribution in [3.63, 3.8) is 0 Å². The Morgan fingerprint density at radius 2 is 2.14 bits per heavy atom. The van der Waals surface area contributed by atoms with E-state index in [0.29, 0.717) is 17.1 Å². The van der Waals surface area contributed by atoms with Gasteiger partial charge in [-0.05, 0) is 57.1 Å². The number of hydrogen-bond donors (Lipinski definition) is 1. The van der Waals surface area contributed by atoms with Crippen LogP contribution in [0.1, 0.15) is 25.3 Å². The first-order valence-corrected chi connectivity index (χ1v) is 7.83. The lowest BCUT2D eigenvalue weighted by Crippen LogP contribution is -2.37. The second-order valence-electron chi connectivity index (χ2n) is 5.56. The van der Waals surface area contributed by atoms with Crippen LogP contribution in [0.5, 0.6) is 0 Å². The van der Waals surface area contributed by atoms with Crippen LogP contribution in [0.15, 0.2) is 18.2 Å². The van der Waals surface area contributed by atoms with Crippen molar-refractivity contribution in [1.29, 1.82) is 0 Å². The highest BCUT2D eigenvalue weighted by Crippen LogP contribution is 2.26. The molecule has 0 radical (unpaired) electrons. The van der Waals surface area contributed by atoms with E-state index in [1.54, 1.807) is 12.1 Å². The van der Waals surface area contributed by atoms with Crippen molar-refractivity contribution < 1.29 is 4.92 Å². The van der Waals surface area contributed by atoms with Gasteiger partial charge in [0, 0.05) is 23.2 Å². The van der Waals surface area contributed by atoms with Gasteiger partial charge in [-0.15, -0.1) is 0 Å². The molecular weight excluding hydrogens is 290 g/mol. The number of hydrogen-bond acceptors (Lipinski definition) is 4. The van der Waals surface area contributed by atoms with Gasteiger partial charge in [0.15, 0.2) is 0 Å². The standard InChI is InChI=1S/C15H22ClN3O2/c1-2-17-10-12-5-7-18(8-6-12)11-13-9-14(16)3-4-15(13)19(20)21/h3-4,9,12,17H,2,5-8,10-11H2,1H3. The number of nitrogens with one attached hydrogen (secondary N) is 1. The van der Waals surface area contributed by atoms with Crippen molar-refractivity contribution in [3.05, 3.63) is 38.9 Å². The SMILES string of the molecule is CCNCC1CCN(Cc2cc(Cl)ccc2[N+](=O)[O-])CC1. The van der Waals surface area contributed by atoms with Crippen LogP contribution in [0, 0.1) is 16.0 Å². The molecule has 1 aliphatic rings. The zero-order valence-corrected chi connectivity index (χ0v) is 13.1. The normalized spacial score (nSPS) is 17.0. The van der Waals surface area contributed by atoms with E-state index in [0.717, 1.165) is 44.9 Å². The van der Waals surface area contributed by atoms with Crippen molar-refractivity contribution in [2.45, 2.75) is 26.3 Å². The van der Waals surface area contributed by atoms with Crippen molar-refractivity contribution in [2.75, 3.05) is 26.2 Å². The van der Waals surface area contributed by atoms with Crippen LogP contribution < -0.4 is 5.32 Å². The largest absolute Gasteiger partial charge is 0.317 e. The first-order chi connectivity index (χ1) is 10.1. The summed E-state index contributed by atoms with van der Waals surface area (Å²) in [5.74, 6) is 0.718. The smallest absolute Gasteiger partial charge is 0.273 e. The summed E-state index contributed by atoms with van der Waals surface area (Å²) in [7, 11) is 0. The summed E-state index contributed by atoms with van der Waals surface area (Å²) in [4.78, 5) is 13.0. The third kappa shape index (κ3) is 4.66. The zero-order chi connectivity index (χ0) is 15.2. The van der Waals surface area contributed by atoms with Crippen LogP contribution in [0.25, 0.3) is 0 Å². The summed E-state index contributed by atoms with van der Waals surface area (Å²) in [6, 6.07) is 4.78. The maximum Gasteiger partial charge on any atom is 0.273 e. The molecule has 0 aliphatic carbocycles. The molecule has 2 rings (SSSR count). The minimum absolute atomic E-state index is 0.161. The van der Waals surface area contributed by atoms with Gasteiger partial charge in [0.2, 0.25) is 0 Å². The van der Waals surface area contributed by atoms with Crippen LogP contribution in [-0.4, -0.2) is 36.0 Å². The Hall–Kier alpha value is -1.17. The summed E-state index contributed by atoms with van der Waals surface area (Å²) in [5, 5.41) is 15.0. The molecule has 116 valence electrons. The summed E-state index contributed by atoms with van der Waals surface area (Å²) in [6.45, 7) is 6.77. The van der Waals surface area contributed by atoms with Gasteiger partial charge in [-0.3, -0.25) is 15.0 Å². The number of rotatable bonds is 6. The fraction of sp³-hybridized carbons (Fsp3) is 0.600. The molecule has 6 heteroatoms. The molecule has 0 unspecified atom stereocenters. The van der Waals surface area contributed by atoms with Crippen LogP contribution in [-0.2, 0) is 6.54 Å². The lowest BCUT2D eigenvalue weighted by molar-refractivity contribution is -0.385. The number of piperidine rings is 1. The van der Waals surface area contributed by atoms with E-state index in [1.807, 2.05) is 0 Å². The molecule has 1 N–H and O–H groups in total. The third-order valence-electron chi connectivity index (χ3n) is 4.02. The van der Waals surface area contributed by atoms with Crippen molar-refractivity contribution >= 4 is 17.3 Å². The monoisotopic (exact) mass is 311 g/mol. The number of benzene rings is 1. The van der Waals surface area contributed by atoms with Gasteiger partial charge < -0.3 is 5.32 Å². The molecule has 0 atom stereocenters. The molecule has 0 saturated carbocycles. The second kappa shape index (κ2) is 7.73. The maximum absolute atomic E-state index is 11.1. The molecule has 1 aliphatic heterocycles. The summed E-state index contributed by atoms with van der Waals surface area (Å²) >= 11 is 5.97. The molecule has 21 heavy (non-hydrogen) atoms. The van der Waals surface area contributed by atoms with Gasteiger partial charge in [-0.25, -0.2) is 0 Å². The Bertz CT molecular complexity index is 488. The van der Waals surface area contributed by atoms with Gasteiger partial charge in [-0.1, -0.05) is 18.5 Å². The molecule has 1 aromatic rings. The average Bonchev–Trinajstić information content (AvgIpc) is 2.46. The van der Waals surface area contributed by atoms with Gasteiger partial charge in [-0.2, -0.15) is 0 Å². The molecule has 1 fully saturated rings. The summed E-state index contributed by atoms with van der Waals surface area (Å²) < 4.78 is 0. The van der Waals surface area contributed by atoms with E-state index in [4.69, 9.17) is 11.6 Å². The third-order valence-corrected chi connectivity index (χ3v) is 4.26. The van der Waals surface area contributed by atoms with Crippen molar-refractivity contribution in [2.24, 2.45) is 5.92 Å². The molecular formula is C15H22ClN3O2. The van der Waals surface area contributed by atoms with Crippen LogP contribution in [0.3, 0.4) is 0 Å².